The first-order chi connectivity index (χ1) is 6.99. The highest BCUT2D eigenvalue weighted by atomic mass is 16.5. The lowest BCUT2D eigenvalue weighted by atomic mass is 10.1. The quantitative estimate of drug-likeness (QED) is 0.757. The van der Waals surface area contributed by atoms with Crippen LogP contribution in [0, 0.1) is 0 Å². The van der Waals surface area contributed by atoms with Gasteiger partial charge in [0.05, 0.1) is 18.3 Å². The van der Waals surface area contributed by atoms with Crippen molar-refractivity contribution in [2.75, 3.05) is 13.1 Å². The number of aliphatic hydroxyl groups excluding tert-OH is 1. The summed E-state index contributed by atoms with van der Waals surface area (Å²) in [4.78, 5) is 13.6. The van der Waals surface area contributed by atoms with Gasteiger partial charge in [-0.15, -0.1) is 0 Å². The molecule has 1 aliphatic rings. The van der Waals surface area contributed by atoms with Crippen molar-refractivity contribution >= 4 is 5.91 Å². The lowest BCUT2D eigenvalue weighted by Gasteiger charge is -2.35. The number of nitrogens with zero attached hydrogens (tertiary/aromatic N) is 1. The van der Waals surface area contributed by atoms with Crippen LogP contribution in [0.2, 0.25) is 0 Å². The lowest BCUT2D eigenvalue weighted by molar-refractivity contribution is -0.143. The predicted molar refractivity (Wildman–Crippen MR) is 57.5 cm³/mol. The molecule has 0 aromatic heterocycles. The summed E-state index contributed by atoms with van der Waals surface area (Å²) in [6.45, 7) is 7.00. The van der Waals surface area contributed by atoms with E-state index in [9.17, 15) is 4.79 Å². The first-order valence-electron chi connectivity index (χ1n) is 5.60. The molecule has 1 heterocycles. The Morgan fingerprint density at radius 3 is 2.47 bits per heavy atom. The maximum absolute atomic E-state index is 11.8. The van der Waals surface area contributed by atoms with Gasteiger partial charge in [0.2, 0.25) is 5.91 Å². The van der Waals surface area contributed by atoms with Crippen molar-refractivity contribution < 1.29 is 14.6 Å². The highest BCUT2D eigenvalue weighted by Gasteiger charge is 2.25. The summed E-state index contributed by atoms with van der Waals surface area (Å²) in [5, 5.41) is 9.11. The highest BCUT2D eigenvalue weighted by Crippen LogP contribution is 2.12. The highest BCUT2D eigenvalue weighted by molar-refractivity contribution is 5.76. The van der Waals surface area contributed by atoms with Crippen molar-refractivity contribution in [1.82, 2.24) is 4.90 Å². The van der Waals surface area contributed by atoms with Gasteiger partial charge in [-0.3, -0.25) is 4.79 Å². The fourth-order valence-electron chi connectivity index (χ4n) is 1.87. The third-order valence-electron chi connectivity index (χ3n) is 2.55. The molecule has 88 valence electrons. The van der Waals surface area contributed by atoms with E-state index in [1.54, 1.807) is 6.92 Å². The first kappa shape index (κ1) is 12.5. The second-order valence-electron chi connectivity index (χ2n) is 4.44. The fourth-order valence-corrected chi connectivity index (χ4v) is 1.87. The summed E-state index contributed by atoms with van der Waals surface area (Å²) in [5.41, 5.74) is 0. The van der Waals surface area contributed by atoms with Gasteiger partial charge in [-0.1, -0.05) is 0 Å². The Hall–Kier alpha value is -0.610. The van der Waals surface area contributed by atoms with E-state index in [1.807, 2.05) is 18.7 Å². The molecule has 4 nitrogen and oxygen atoms in total. The van der Waals surface area contributed by atoms with E-state index >= 15 is 0 Å². The van der Waals surface area contributed by atoms with Crippen molar-refractivity contribution in [3.63, 3.8) is 0 Å². The molecule has 1 fully saturated rings. The number of ether oxygens (including phenoxy) is 1. The van der Waals surface area contributed by atoms with Crippen LogP contribution in [0.15, 0.2) is 0 Å². The molecular weight excluding hydrogens is 194 g/mol. The SMILES string of the molecule is CC(O)CCC(=O)N1CC(C)OC(C)C1. The Kier molecular flexibility index (Phi) is 4.54. The first-order valence-corrected chi connectivity index (χ1v) is 5.60. The summed E-state index contributed by atoms with van der Waals surface area (Å²) < 4.78 is 5.55. The van der Waals surface area contributed by atoms with E-state index in [2.05, 4.69) is 0 Å². The van der Waals surface area contributed by atoms with E-state index in [1.165, 1.54) is 0 Å². The van der Waals surface area contributed by atoms with Crippen LogP contribution in [0.1, 0.15) is 33.6 Å². The molecule has 0 saturated carbocycles. The molecule has 1 amide bonds. The number of carbonyl (C=O) groups excluding carboxylic acids is 1. The summed E-state index contributed by atoms with van der Waals surface area (Å²) in [6.07, 6.45) is 0.800. The Labute approximate surface area is 91.2 Å². The van der Waals surface area contributed by atoms with Gasteiger partial charge in [0, 0.05) is 19.5 Å². The van der Waals surface area contributed by atoms with Crippen LogP contribution in [0.25, 0.3) is 0 Å². The number of hydrogen-bond donors (Lipinski definition) is 1. The smallest absolute Gasteiger partial charge is 0.222 e. The van der Waals surface area contributed by atoms with Crippen molar-refractivity contribution in [2.24, 2.45) is 0 Å². The Balaban J connectivity index is 2.38. The summed E-state index contributed by atoms with van der Waals surface area (Å²) >= 11 is 0. The van der Waals surface area contributed by atoms with Crippen molar-refractivity contribution in [3.8, 4) is 0 Å². The minimum absolute atomic E-state index is 0.115. The summed E-state index contributed by atoms with van der Waals surface area (Å²) in [7, 11) is 0. The van der Waals surface area contributed by atoms with Gasteiger partial charge in [0.25, 0.3) is 0 Å². The van der Waals surface area contributed by atoms with E-state index < -0.39 is 6.10 Å². The largest absolute Gasteiger partial charge is 0.393 e. The molecule has 0 aromatic carbocycles. The van der Waals surface area contributed by atoms with Crippen LogP contribution in [-0.2, 0) is 9.53 Å². The monoisotopic (exact) mass is 215 g/mol. The fraction of sp³-hybridized carbons (Fsp3) is 0.909. The molecule has 1 rings (SSSR count). The Morgan fingerprint density at radius 1 is 1.47 bits per heavy atom. The second-order valence-corrected chi connectivity index (χ2v) is 4.44. The van der Waals surface area contributed by atoms with Gasteiger partial charge in [-0.05, 0) is 27.2 Å². The molecule has 0 aromatic rings. The van der Waals surface area contributed by atoms with Crippen molar-refractivity contribution in [1.29, 1.82) is 0 Å². The summed E-state index contributed by atoms with van der Waals surface area (Å²) in [5.74, 6) is 0.123. The third kappa shape index (κ3) is 4.18. The van der Waals surface area contributed by atoms with Crippen LogP contribution < -0.4 is 0 Å². The van der Waals surface area contributed by atoms with Crippen LogP contribution in [-0.4, -0.2) is 47.3 Å². The maximum atomic E-state index is 11.8. The second kappa shape index (κ2) is 5.47. The number of morpholine rings is 1. The number of hydrogen-bond acceptors (Lipinski definition) is 3. The van der Waals surface area contributed by atoms with Gasteiger partial charge in [0.15, 0.2) is 0 Å². The molecule has 0 aliphatic carbocycles. The van der Waals surface area contributed by atoms with E-state index in [-0.39, 0.29) is 18.1 Å². The number of aliphatic hydroxyl groups is 1. The molecule has 3 atom stereocenters. The molecule has 0 bridgehead atoms. The minimum atomic E-state index is -0.398. The molecule has 15 heavy (non-hydrogen) atoms. The van der Waals surface area contributed by atoms with Gasteiger partial charge in [0.1, 0.15) is 0 Å². The predicted octanol–water partition coefficient (Wildman–Crippen LogP) is 0.783. The average Bonchev–Trinajstić information content (AvgIpc) is 2.12. The standard InChI is InChI=1S/C11H21NO3/c1-8(13)4-5-11(14)12-6-9(2)15-10(3)7-12/h8-10,13H,4-7H2,1-3H3. The minimum Gasteiger partial charge on any atom is -0.393 e. The van der Waals surface area contributed by atoms with Crippen LogP contribution >= 0.6 is 0 Å². The molecule has 0 radical (unpaired) electrons. The van der Waals surface area contributed by atoms with Crippen molar-refractivity contribution in [2.45, 2.75) is 51.9 Å². The van der Waals surface area contributed by atoms with Gasteiger partial charge >= 0.3 is 0 Å². The maximum Gasteiger partial charge on any atom is 0.222 e. The van der Waals surface area contributed by atoms with Crippen LogP contribution in [0.3, 0.4) is 0 Å². The number of carbonyl (C=O) groups is 1. The Morgan fingerprint density at radius 2 is 2.00 bits per heavy atom. The zero-order valence-electron chi connectivity index (χ0n) is 9.77. The summed E-state index contributed by atoms with van der Waals surface area (Å²) in [6, 6.07) is 0. The van der Waals surface area contributed by atoms with Gasteiger partial charge in [-0.25, -0.2) is 0 Å². The van der Waals surface area contributed by atoms with Crippen LogP contribution in [0.4, 0.5) is 0 Å². The van der Waals surface area contributed by atoms with Crippen LogP contribution in [0.5, 0.6) is 0 Å². The van der Waals surface area contributed by atoms with E-state index in [0.29, 0.717) is 25.9 Å². The average molecular weight is 215 g/mol. The lowest BCUT2D eigenvalue weighted by Crippen LogP contribution is -2.48. The van der Waals surface area contributed by atoms with E-state index in [4.69, 9.17) is 9.84 Å². The van der Waals surface area contributed by atoms with Gasteiger partial charge < -0.3 is 14.7 Å². The molecule has 0 spiro atoms. The normalized spacial score (nSPS) is 28.9. The third-order valence-corrected chi connectivity index (χ3v) is 2.55. The molecule has 1 N–H and O–H groups in total. The van der Waals surface area contributed by atoms with Gasteiger partial charge in [-0.2, -0.15) is 0 Å². The molecule has 3 unspecified atom stereocenters. The molecule has 1 aliphatic heterocycles. The molecule has 1 saturated heterocycles. The van der Waals surface area contributed by atoms with E-state index in [0.717, 1.165) is 0 Å². The van der Waals surface area contributed by atoms with Crippen molar-refractivity contribution in [3.05, 3.63) is 0 Å². The Bertz CT molecular complexity index is 208. The topological polar surface area (TPSA) is 49.8 Å². The zero-order valence-corrected chi connectivity index (χ0v) is 9.77. The zero-order chi connectivity index (χ0) is 11.4. The molecular formula is C11H21NO3. The number of amides is 1. The molecule has 4 heteroatoms. The number of rotatable bonds is 3.